The SMILES string of the molecule is CCC1=CC(F)=C(CC)CC1. The molecular formula is C10H15F. The van der Waals surface area contributed by atoms with Gasteiger partial charge in [-0.25, -0.2) is 4.39 Å². The molecule has 0 saturated carbocycles. The van der Waals surface area contributed by atoms with Gasteiger partial charge in [-0.15, -0.1) is 0 Å². The number of hydrogen-bond acceptors (Lipinski definition) is 0. The summed E-state index contributed by atoms with van der Waals surface area (Å²) in [5.74, 6) is 0.0237. The molecule has 0 aromatic carbocycles. The van der Waals surface area contributed by atoms with E-state index in [-0.39, 0.29) is 5.83 Å². The van der Waals surface area contributed by atoms with Crippen molar-refractivity contribution in [2.75, 3.05) is 0 Å². The lowest BCUT2D eigenvalue weighted by molar-refractivity contribution is 0.617. The lowest BCUT2D eigenvalue weighted by Gasteiger charge is -2.13. The van der Waals surface area contributed by atoms with E-state index in [2.05, 4.69) is 6.92 Å². The maximum atomic E-state index is 13.1. The summed E-state index contributed by atoms with van der Waals surface area (Å²) in [6.45, 7) is 4.09. The highest BCUT2D eigenvalue weighted by Crippen LogP contribution is 2.27. The predicted molar refractivity (Wildman–Crippen MR) is 46.0 cm³/mol. The van der Waals surface area contributed by atoms with Crippen LogP contribution in [0.5, 0.6) is 0 Å². The average molecular weight is 154 g/mol. The number of hydrogen-bond donors (Lipinski definition) is 0. The zero-order valence-electron chi connectivity index (χ0n) is 7.28. The highest BCUT2D eigenvalue weighted by atomic mass is 19.1. The van der Waals surface area contributed by atoms with E-state index in [0.29, 0.717) is 0 Å². The molecule has 1 rings (SSSR count). The average Bonchev–Trinajstić information content (AvgIpc) is 2.04. The lowest BCUT2D eigenvalue weighted by Crippen LogP contribution is -1.95. The van der Waals surface area contributed by atoms with E-state index in [0.717, 1.165) is 31.3 Å². The first-order valence-corrected chi connectivity index (χ1v) is 4.34. The molecule has 0 heterocycles. The van der Waals surface area contributed by atoms with Crippen molar-refractivity contribution in [2.45, 2.75) is 39.5 Å². The van der Waals surface area contributed by atoms with E-state index in [1.165, 1.54) is 5.57 Å². The highest BCUT2D eigenvalue weighted by Gasteiger charge is 2.09. The maximum absolute atomic E-state index is 13.1. The van der Waals surface area contributed by atoms with Gasteiger partial charge < -0.3 is 0 Å². The van der Waals surface area contributed by atoms with Crippen molar-refractivity contribution in [3.8, 4) is 0 Å². The van der Waals surface area contributed by atoms with Crippen molar-refractivity contribution >= 4 is 0 Å². The van der Waals surface area contributed by atoms with Gasteiger partial charge in [0.2, 0.25) is 0 Å². The second-order valence-corrected chi connectivity index (χ2v) is 2.96. The Morgan fingerprint density at radius 2 is 2.00 bits per heavy atom. The molecule has 1 aliphatic carbocycles. The summed E-state index contributed by atoms with van der Waals surface area (Å²) < 4.78 is 13.1. The van der Waals surface area contributed by atoms with Gasteiger partial charge >= 0.3 is 0 Å². The molecule has 0 amide bonds. The van der Waals surface area contributed by atoms with E-state index in [1.807, 2.05) is 6.92 Å². The van der Waals surface area contributed by atoms with Crippen molar-refractivity contribution in [2.24, 2.45) is 0 Å². The first-order valence-electron chi connectivity index (χ1n) is 4.34. The van der Waals surface area contributed by atoms with Gasteiger partial charge in [-0.2, -0.15) is 0 Å². The zero-order chi connectivity index (χ0) is 8.27. The smallest absolute Gasteiger partial charge is 0.122 e. The summed E-state index contributed by atoms with van der Waals surface area (Å²) in [5, 5.41) is 0. The first-order chi connectivity index (χ1) is 5.27. The standard InChI is InChI=1S/C10H15F/c1-3-8-5-6-9(4-2)10(11)7-8/h7H,3-6H2,1-2H3. The Labute approximate surface area is 67.8 Å². The molecule has 0 aliphatic heterocycles. The minimum atomic E-state index is 0.0237. The van der Waals surface area contributed by atoms with Crippen LogP contribution >= 0.6 is 0 Å². The van der Waals surface area contributed by atoms with E-state index < -0.39 is 0 Å². The van der Waals surface area contributed by atoms with E-state index in [9.17, 15) is 4.39 Å². The third-order valence-corrected chi connectivity index (χ3v) is 2.30. The topological polar surface area (TPSA) is 0 Å². The molecule has 0 spiro atoms. The van der Waals surface area contributed by atoms with Crippen molar-refractivity contribution < 1.29 is 4.39 Å². The number of halogens is 1. The van der Waals surface area contributed by atoms with Crippen LogP contribution in [0.3, 0.4) is 0 Å². The third-order valence-electron chi connectivity index (χ3n) is 2.30. The van der Waals surface area contributed by atoms with Crippen LogP contribution in [0.25, 0.3) is 0 Å². The summed E-state index contributed by atoms with van der Waals surface area (Å²) in [4.78, 5) is 0. The third kappa shape index (κ3) is 1.92. The fraction of sp³-hybridized carbons (Fsp3) is 0.600. The van der Waals surface area contributed by atoms with Gasteiger partial charge in [0.05, 0.1) is 0 Å². The van der Waals surface area contributed by atoms with Crippen LogP contribution in [0.4, 0.5) is 4.39 Å². The van der Waals surface area contributed by atoms with Crippen molar-refractivity contribution in [3.63, 3.8) is 0 Å². The molecule has 0 aromatic rings. The quantitative estimate of drug-likeness (QED) is 0.568. The number of allylic oxidation sites excluding steroid dienone is 4. The summed E-state index contributed by atoms with van der Waals surface area (Å²) in [6, 6.07) is 0. The summed E-state index contributed by atoms with van der Waals surface area (Å²) in [5.41, 5.74) is 2.24. The Kier molecular flexibility index (Phi) is 2.86. The van der Waals surface area contributed by atoms with Crippen molar-refractivity contribution in [1.82, 2.24) is 0 Å². The summed E-state index contributed by atoms with van der Waals surface area (Å²) >= 11 is 0. The maximum Gasteiger partial charge on any atom is 0.122 e. The van der Waals surface area contributed by atoms with Gasteiger partial charge in [0.25, 0.3) is 0 Å². The Bertz CT molecular complexity index is 199. The molecule has 62 valence electrons. The van der Waals surface area contributed by atoms with Gasteiger partial charge in [0.15, 0.2) is 0 Å². The van der Waals surface area contributed by atoms with Crippen LogP contribution in [-0.2, 0) is 0 Å². The molecule has 1 heteroatoms. The second-order valence-electron chi connectivity index (χ2n) is 2.96. The van der Waals surface area contributed by atoms with Crippen LogP contribution in [0.1, 0.15) is 39.5 Å². The minimum Gasteiger partial charge on any atom is -0.207 e. The summed E-state index contributed by atoms with van der Waals surface area (Å²) in [6.07, 6.45) is 5.56. The molecule has 1 aliphatic rings. The van der Waals surface area contributed by atoms with Crippen LogP contribution in [0, 0.1) is 0 Å². The van der Waals surface area contributed by atoms with Crippen LogP contribution in [0.15, 0.2) is 23.0 Å². The molecule has 0 radical (unpaired) electrons. The van der Waals surface area contributed by atoms with Gasteiger partial charge in [-0.1, -0.05) is 19.4 Å². The van der Waals surface area contributed by atoms with E-state index in [4.69, 9.17) is 0 Å². The molecule has 0 atom stereocenters. The first kappa shape index (κ1) is 8.51. The molecule has 11 heavy (non-hydrogen) atoms. The molecule has 0 bridgehead atoms. The highest BCUT2D eigenvalue weighted by molar-refractivity contribution is 5.28. The van der Waals surface area contributed by atoms with Gasteiger partial charge in [0, 0.05) is 0 Å². The Morgan fingerprint density at radius 1 is 1.27 bits per heavy atom. The van der Waals surface area contributed by atoms with E-state index >= 15 is 0 Å². The second kappa shape index (κ2) is 3.70. The van der Waals surface area contributed by atoms with Crippen molar-refractivity contribution in [3.05, 3.63) is 23.0 Å². The molecular weight excluding hydrogens is 139 g/mol. The monoisotopic (exact) mass is 154 g/mol. The molecule has 0 unspecified atom stereocenters. The zero-order valence-corrected chi connectivity index (χ0v) is 7.28. The van der Waals surface area contributed by atoms with Crippen molar-refractivity contribution in [1.29, 1.82) is 0 Å². The number of rotatable bonds is 2. The Hall–Kier alpha value is -0.590. The summed E-state index contributed by atoms with van der Waals surface area (Å²) in [7, 11) is 0. The molecule has 0 saturated heterocycles. The molecule has 0 aromatic heterocycles. The fourth-order valence-corrected chi connectivity index (χ4v) is 1.41. The van der Waals surface area contributed by atoms with E-state index in [1.54, 1.807) is 6.08 Å². The van der Waals surface area contributed by atoms with Gasteiger partial charge in [0.1, 0.15) is 5.83 Å². The Balaban J connectivity index is 2.76. The normalized spacial score (nSPS) is 18.6. The largest absolute Gasteiger partial charge is 0.207 e. The minimum absolute atomic E-state index is 0.0237. The Morgan fingerprint density at radius 3 is 2.45 bits per heavy atom. The van der Waals surface area contributed by atoms with Crippen LogP contribution < -0.4 is 0 Å². The molecule has 0 N–H and O–H groups in total. The van der Waals surface area contributed by atoms with Crippen LogP contribution in [0.2, 0.25) is 0 Å². The van der Waals surface area contributed by atoms with Gasteiger partial charge in [-0.05, 0) is 37.3 Å². The molecule has 0 fully saturated rings. The predicted octanol–water partition coefficient (Wildman–Crippen LogP) is 3.75. The fourth-order valence-electron chi connectivity index (χ4n) is 1.41. The lowest BCUT2D eigenvalue weighted by atomic mass is 9.95. The van der Waals surface area contributed by atoms with Crippen LogP contribution in [-0.4, -0.2) is 0 Å². The van der Waals surface area contributed by atoms with Gasteiger partial charge in [-0.3, -0.25) is 0 Å². The molecule has 0 nitrogen and oxygen atoms in total.